The highest BCUT2D eigenvalue weighted by atomic mass is 35.5. The fraction of sp³-hybridized carbons (Fsp3) is 0.562. The van der Waals surface area contributed by atoms with Crippen LogP contribution in [0.25, 0.3) is 0 Å². The molecule has 0 radical (unpaired) electrons. The van der Waals surface area contributed by atoms with Gasteiger partial charge in [0.15, 0.2) is 0 Å². The van der Waals surface area contributed by atoms with Gasteiger partial charge in [-0.3, -0.25) is 4.99 Å². The summed E-state index contributed by atoms with van der Waals surface area (Å²) in [5, 5.41) is 0.777. The first-order chi connectivity index (χ1) is 8.83. The molecule has 0 bridgehead atoms. The molecular weight excluding hydrogens is 242 g/mol. The first-order valence-corrected chi connectivity index (χ1v) is 7.46. The van der Waals surface area contributed by atoms with Crippen molar-refractivity contribution in [3.8, 4) is 0 Å². The van der Waals surface area contributed by atoms with E-state index < -0.39 is 0 Å². The zero-order valence-electron chi connectivity index (χ0n) is 11.4. The van der Waals surface area contributed by atoms with Crippen molar-refractivity contribution in [3.63, 3.8) is 0 Å². The van der Waals surface area contributed by atoms with Gasteiger partial charge in [-0.2, -0.15) is 0 Å². The Morgan fingerprint density at radius 2 is 1.56 bits per heavy atom. The van der Waals surface area contributed by atoms with Crippen LogP contribution >= 0.6 is 11.6 Å². The number of aliphatic imine (C=N–C) groups is 1. The van der Waals surface area contributed by atoms with Gasteiger partial charge >= 0.3 is 0 Å². The summed E-state index contributed by atoms with van der Waals surface area (Å²) in [5.74, 6) is 0. The molecule has 1 nitrogen and oxygen atoms in total. The summed E-state index contributed by atoms with van der Waals surface area (Å²) in [6.45, 7) is 3.20. The van der Waals surface area contributed by atoms with Crippen molar-refractivity contribution >= 4 is 17.8 Å². The summed E-state index contributed by atoms with van der Waals surface area (Å²) in [7, 11) is 0. The van der Waals surface area contributed by atoms with Crippen molar-refractivity contribution in [2.75, 3.05) is 6.54 Å². The number of hydrogen-bond acceptors (Lipinski definition) is 1. The van der Waals surface area contributed by atoms with Gasteiger partial charge in [-0.25, -0.2) is 0 Å². The molecule has 0 saturated heterocycles. The highest BCUT2D eigenvalue weighted by Gasteiger charge is 1.90. The van der Waals surface area contributed by atoms with E-state index in [0.717, 1.165) is 17.1 Å². The smallest absolute Gasteiger partial charge is 0.0406 e. The van der Waals surface area contributed by atoms with Crippen molar-refractivity contribution in [2.45, 2.75) is 51.9 Å². The molecule has 0 unspecified atom stereocenters. The van der Waals surface area contributed by atoms with Gasteiger partial charge in [0, 0.05) is 17.8 Å². The first kappa shape index (κ1) is 15.2. The average Bonchev–Trinajstić information content (AvgIpc) is 2.39. The highest BCUT2D eigenvalue weighted by Crippen LogP contribution is 2.08. The third kappa shape index (κ3) is 7.50. The Bertz CT molecular complexity index is 329. The molecule has 0 aliphatic heterocycles. The molecule has 0 amide bonds. The van der Waals surface area contributed by atoms with E-state index in [2.05, 4.69) is 11.9 Å². The molecule has 0 atom stereocenters. The topological polar surface area (TPSA) is 12.4 Å². The molecule has 1 aromatic carbocycles. The number of unbranched alkanes of at least 4 members (excludes halogenated alkanes) is 6. The molecule has 1 rings (SSSR count). The van der Waals surface area contributed by atoms with Gasteiger partial charge in [0.05, 0.1) is 0 Å². The summed E-state index contributed by atoms with van der Waals surface area (Å²) in [6.07, 6.45) is 11.3. The maximum Gasteiger partial charge on any atom is 0.0406 e. The lowest BCUT2D eigenvalue weighted by atomic mass is 10.1. The standard InChI is InChI=1S/C16H24ClN/c1-2-3-4-5-6-7-8-13-18-14-15-9-11-16(17)12-10-15/h9-12,14H,2-8,13H2,1H3. The van der Waals surface area contributed by atoms with Crippen molar-refractivity contribution in [3.05, 3.63) is 34.9 Å². The fourth-order valence-corrected chi connectivity index (χ4v) is 2.00. The van der Waals surface area contributed by atoms with E-state index in [1.807, 2.05) is 30.5 Å². The second-order valence-corrected chi connectivity index (χ2v) is 5.14. The lowest BCUT2D eigenvalue weighted by molar-refractivity contribution is 0.593. The molecule has 1 aromatic rings. The Balaban J connectivity index is 2.02. The van der Waals surface area contributed by atoms with E-state index in [0.29, 0.717) is 0 Å². The van der Waals surface area contributed by atoms with Crippen molar-refractivity contribution < 1.29 is 0 Å². The molecule has 18 heavy (non-hydrogen) atoms. The molecule has 0 saturated carbocycles. The molecule has 0 aliphatic rings. The highest BCUT2D eigenvalue weighted by molar-refractivity contribution is 6.30. The van der Waals surface area contributed by atoms with Crippen molar-refractivity contribution in [2.24, 2.45) is 4.99 Å². The van der Waals surface area contributed by atoms with Crippen LogP contribution in [0.4, 0.5) is 0 Å². The Kier molecular flexibility index (Phi) is 8.58. The second kappa shape index (κ2) is 10.1. The van der Waals surface area contributed by atoms with Crippen LogP contribution < -0.4 is 0 Å². The maximum absolute atomic E-state index is 5.82. The van der Waals surface area contributed by atoms with Crippen LogP contribution in [0.15, 0.2) is 29.3 Å². The largest absolute Gasteiger partial charge is 0.293 e. The number of hydrogen-bond donors (Lipinski definition) is 0. The third-order valence-corrected chi connectivity index (χ3v) is 3.25. The zero-order valence-corrected chi connectivity index (χ0v) is 12.1. The second-order valence-electron chi connectivity index (χ2n) is 4.71. The Morgan fingerprint density at radius 1 is 0.944 bits per heavy atom. The van der Waals surface area contributed by atoms with E-state index in [9.17, 15) is 0 Å². The summed E-state index contributed by atoms with van der Waals surface area (Å²) in [6, 6.07) is 7.79. The first-order valence-electron chi connectivity index (χ1n) is 7.08. The monoisotopic (exact) mass is 265 g/mol. The van der Waals surface area contributed by atoms with E-state index in [4.69, 9.17) is 11.6 Å². The molecule has 0 heterocycles. The van der Waals surface area contributed by atoms with Gasteiger partial charge in [0.2, 0.25) is 0 Å². The third-order valence-electron chi connectivity index (χ3n) is 3.00. The van der Waals surface area contributed by atoms with Gasteiger partial charge in [-0.1, -0.05) is 69.2 Å². The Morgan fingerprint density at radius 3 is 2.22 bits per heavy atom. The molecule has 0 fully saturated rings. The Labute approximate surface area is 116 Å². The normalized spacial score (nSPS) is 11.2. The van der Waals surface area contributed by atoms with Gasteiger partial charge < -0.3 is 0 Å². The summed E-state index contributed by atoms with van der Waals surface area (Å²) >= 11 is 5.82. The minimum Gasteiger partial charge on any atom is -0.293 e. The minimum absolute atomic E-state index is 0.777. The predicted octanol–water partition coefficient (Wildman–Crippen LogP) is 5.51. The summed E-state index contributed by atoms with van der Waals surface area (Å²) in [5.41, 5.74) is 1.13. The summed E-state index contributed by atoms with van der Waals surface area (Å²) in [4.78, 5) is 4.44. The van der Waals surface area contributed by atoms with E-state index in [1.165, 1.54) is 44.9 Å². The van der Waals surface area contributed by atoms with Gasteiger partial charge in [0.25, 0.3) is 0 Å². The number of rotatable bonds is 9. The van der Waals surface area contributed by atoms with Crippen LogP contribution in [0.3, 0.4) is 0 Å². The van der Waals surface area contributed by atoms with Gasteiger partial charge in [-0.05, 0) is 24.1 Å². The number of nitrogens with zero attached hydrogens (tertiary/aromatic N) is 1. The van der Waals surface area contributed by atoms with Crippen LogP contribution in [0.5, 0.6) is 0 Å². The molecule has 2 heteroatoms. The van der Waals surface area contributed by atoms with Crippen LogP contribution in [0.1, 0.15) is 57.4 Å². The lowest BCUT2D eigenvalue weighted by Gasteiger charge is -1.99. The molecule has 0 aliphatic carbocycles. The fourth-order valence-electron chi connectivity index (χ4n) is 1.88. The number of halogens is 1. The minimum atomic E-state index is 0.777. The lowest BCUT2D eigenvalue weighted by Crippen LogP contribution is -1.86. The molecular formula is C16H24ClN. The molecule has 0 N–H and O–H groups in total. The van der Waals surface area contributed by atoms with Crippen molar-refractivity contribution in [1.82, 2.24) is 0 Å². The molecule has 0 aromatic heterocycles. The van der Waals surface area contributed by atoms with Crippen LogP contribution in [0.2, 0.25) is 5.02 Å². The maximum atomic E-state index is 5.82. The zero-order chi connectivity index (χ0) is 13.1. The van der Waals surface area contributed by atoms with Crippen LogP contribution in [-0.4, -0.2) is 12.8 Å². The van der Waals surface area contributed by atoms with E-state index in [1.54, 1.807) is 0 Å². The van der Waals surface area contributed by atoms with Gasteiger partial charge in [0.1, 0.15) is 0 Å². The van der Waals surface area contributed by atoms with Crippen molar-refractivity contribution in [1.29, 1.82) is 0 Å². The molecule has 100 valence electrons. The molecule has 0 spiro atoms. The van der Waals surface area contributed by atoms with Crippen LogP contribution in [0, 0.1) is 0 Å². The number of benzene rings is 1. The predicted molar refractivity (Wildman–Crippen MR) is 81.9 cm³/mol. The summed E-state index contributed by atoms with van der Waals surface area (Å²) < 4.78 is 0. The SMILES string of the molecule is CCCCCCCCCN=Cc1ccc(Cl)cc1. The van der Waals surface area contributed by atoms with Gasteiger partial charge in [-0.15, -0.1) is 0 Å². The average molecular weight is 266 g/mol. The van der Waals surface area contributed by atoms with Crippen LogP contribution in [-0.2, 0) is 0 Å². The van der Waals surface area contributed by atoms with E-state index >= 15 is 0 Å². The Hall–Kier alpha value is -0.820. The quantitative estimate of drug-likeness (QED) is 0.412. The van der Waals surface area contributed by atoms with E-state index in [-0.39, 0.29) is 0 Å².